The zero-order valence-electron chi connectivity index (χ0n) is 8.82. The fourth-order valence-corrected chi connectivity index (χ4v) is 2.21. The van der Waals surface area contributed by atoms with Crippen LogP contribution < -0.4 is 0 Å². The predicted molar refractivity (Wildman–Crippen MR) is 63.3 cm³/mol. The number of aromatic hydroxyl groups is 1. The number of hydrogen-bond acceptors (Lipinski definition) is 3. The third-order valence-electron chi connectivity index (χ3n) is 2.38. The number of nitrogens with zero attached hydrogens (tertiary/aromatic N) is 1. The summed E-state index contributed by atoms with van der Waals surface area (Å²) in [5.74, 6) is 0. The number of aryl methyl sites for hydroxylation is 2. The summed E-state index contributed by atoms with van der Waals surface area (Å²) >= 11 is 1.33. The van der Waals surface area contributed by atoms with Crippen LogP contribution in [-0.4, -0.2) is 10.1 Å². The molecule has 2 nitrogen and oxygen atoms in total. The van der Waals surface area contributed by atoms with E-state index in [9.17, 15) is 5.11 Å². The van der Waals surface area contributed by atoms with E-state index in [4.69, 9.17) is 0 Å². The lowest BCUT2D eigenvalue weighted by atomic mass is 10.1. The summed E-state index contributed by atoms with van der Waals surface area (Å²) in [6.45, 7) is 3.95. The summed E-state index contributed by atoms with van der Waals surface area (Å²) in [5, 5.41) is 10.7. The fraction of sp³-hybridized carbons (Fsp3) is 0.250. The van der Waals surface area contributed by atoms with Gasteiger partial charge in [0.05, 0.1) is 5.69 Å². The molecule has 0 amide bonds. The highest BCUT2D eigenvalue weighted by Gasteiger charge is 2.07. The number of aromatic nitrogens is 1. The Balaban J connectivity index is 2.37. The average molecular weight is 219 g/mol. The second-order valence-corrected chi connectivity index (χ2v) is 4.44. The van der Waals surface area contributed by atoms with Gasteiger partial charge in [-0.15, -0.1) is 0 Å². The molecule has 1 aromatic heterocycles. The quantitative estimate of drug-likeness (QED) is 0.839. The number of rotatable bonds is 2. The maximum Gasteiger partial charge on any atom is 0.195 e. The second-order valence-electron chi connectivity index (χ2n) is 3.46. The highest BCUT2D eigenvalue weighted by atomic mass is 32.1. The zero-order valence-corrected chi connectivity index (χ0v) is 9.64. The maximum atomic E-state index is 9.46. The molecule has 0 spiro atoms. The molecule has 2 aromatic rings. The van der Waals surface area contributed by atoms with Crippen LogP contribution in [0.25, 0.3) is 10.6 Å². The molecule has 1 N–H and O–H groups in total. The van der Waals surface area contributed by atoms with Crippen molar-refractivity contribution in [2.24, 2.45) is 0 Å². The molecule has 0 bridgehead atoms. The molecule has 0 atom stereocenters. The molecule has 3 heteroatoms. The van der Waals surface area contributed by atoms with Crippen LogP contribution in [0, 0.1) is 6.92 Å². The first-order chi connectivity index (χ1) is 7.20. The Hall–Kier alpha value is -1.35. The van der Waals surface area contributed by atoms with Crippen molar-refractivity contribution in [3.8, 4) is 15.6 Å². The Morgan fingerprint density at radius 2 is 1.93 bits per heavy atom. The smallest absolute Gasteiger partial charge is 0.195 e. The minimum atomic E-state index is 0.310. The second kappa shape index (κ2) is 4.03. The first-order valence-electron chi connectivity index (χ1n) is 4.96. The van der Waals surface area contributed by atoms with Crippen molar-refractivity contribution < 1.29 is 5.11 Å². The van der Waals surface area contributed by atoms with E-state index in [1.165, 1.54) is 16.9 Å². The molecule has 0 unspecified atom stereocenters. The van der Waals surface area contributed by atoms with Crippen LogP contribution in [0.1, 0.15) is 18.2 Å². The van der Waals surface area contributed by atoms with Crippen LogP contribution in [0.4, 0.5) is 0 Å². The molecule has 1 aromatic carbocycles. The molecule has 0 saturated carbocycles. The molecule has 0 aliphatic carbocycles. The topological polar surface area (TPSA) is 33.1 Å². The summed E-state index contributed by atoms with van der Waals surface area (Å²) in [6.07, 6.45) is 1.04. The molecule has 2 rings (SSSR count). The molecule has 0 fully saturated rings. The molecule has 1 heterocycles. The molecule has 15 heavy (non-hydrogen) atoms. The highest BCUT2D eigenvalue weighted by Crippen LogP contribution is 2.32. The van der Waals surface area contributed by atoms with Crippen LogP contribution in [0.2, 0.25) is 0 Å². The van der Waals surface area contributed by atoms with Gasteiger partial charge < -0.3 is 5.11 Å². The molecule has 0 aliphatic heterocycles. The number of hydrogen-bond donors (Lipinski definition) is 1. The SMILES string of the molecule is CCc1ccc(-c2nc(C)c(O)s2)cc1. The van der Waals surface area contributed by atoms with Gasteiger partial charge >= 0.3 is 0 Å². The van der Waals surface area contributed by atoms with Crippen molar-refractivity contribution in [2.75, 3.05) is 0 Å². The first-order valence-corrected chi connectivity index (χ1v) is 5.78. The number of benzene rings is 1. The Kier molecular flexibility index (Phi) is 2.73. The van der Waals surface area contributed by atoms with Crippen molar-refractivity contribution in [1.29, 1.82) is 0 Å². The lowest BCUT2D eigenvalue weighted by molar-refractivity contribution is 0.485. The minimum Gasteiger partial charge on any atom is -0.498 e. The lowest BCUT2D eigenvalue weighted by Gasteiger charge is -1.98. The Morgan fingerprint density at radius 3 is 2.40 bits per heavy atom. The van der Waals surface area contributed by atoms with E-state index < -0.39 is 0 Å². The van der Waals surface area contributed by atoms with Crippen LogP contribution in [0.3, 0.4) is 0 Å². The highest BCUT2D eigenvalue weighted by molar-refractivity contribution is 7.16. The third kappa shape index (κ3) is 2.02. The van der Waals surface area contributed by atoms with E-state index in [-0.39, 0.29) is 0 Å². The predicted octanol–water partition coefficient (Wildman–Crippen LogP) is 3.39. The van der Waals surface area contributed by atoms with Crippen LogP contribution in [-0.2, 0) is 6.42 Å². The maximum absolute atomic E-state index is 9.46. The van der Waals surface area contributed by atoms with E-state index in [1.54, 1.807) is 0 Å². The summed E-state index contributed by atoms with van der Waals surface area (Å²) in [7, 11) is 0. The van der Waals surface area contributed by atoms with Crippen molar-refractivity contribution in [1.82, 2.24) is 4.98 Å². The molecular formula is C12H13NOS. The van der Waals surface area contributed by atoms with Gasteiger partial charge in [-0.25, -0.2) is 4.98 Å². The Morgan fingerprint density at radius 1 is 1.27 bits per heavy atom. The van der Waals surface area contributed by atoms with Gasteiger partial charge in [-0.1, -0.05) is 42.5 Å². The third-order valence-corrected chi connectivity index (χ3v) is 3.39. The van der Waals surface area contributed by atoms with Crippen LogP contribution >= 0.6 is 11.3 Å². The van der Waals surface area contributed by atoms with E-state index >= 15 is 0 Å². The van der Waals surface area contributed by atoms with Crippen molar-refractivity contribution in [3.05, 3.63) is 35.5 Å². The van der Waals surface area contributed by atoms with Gasteiger partial charge in [0.25, 0.3) is 0 Å². The standard InChI is InChI=1S/C12H13NOS/c1-3-9-4-6-10(7-5-9)11-13-8(2)12(14)15-11/h4-7,14H,3H2,1-2H3. The summed E-state index contributed by atoms with van der Waals surface area (Å²) in [4.78, 5) is 4.30. The van der Waals surface area contributed by atoms with E-state index in [0.717, 1.165) is 17.0 Å². The largest absolute Gasteiger partial charge is 0.498 e. The monoisotopic (exact) mass is 219 g/mol. The molecular weight excluding hydrogens is 206 g/mol. The van der Waals surface area contributed by atoms with Gasteiger partial charge in [-0.05, 0) is 18.9 Å². The van der Waals surface area contributed by atoms with E-state index in [0.29, 0.717) is 10.8 Å². The van der Waals surface area contributed by atoms with Gasteiger partial charge in [0.1, 0.15) is 5.01 Å². The van der Waals surface area contributed by atoms with E-state index in [1.807, 2.05) is 6.92 Å². The molecule has 78 valence electrons. The van der Waals surface area contributed by atoms with Crippen LogP contribution in [0.5, 0.6) is 5.06 Å². The van der Waals surface area contributed by atoms with Crippen LogP contribution in [0.15, 0.2) is 24.3 Å². The lowest BCUT2D eigenvalue weighted by Crippen LogP contribution is -1.80. The molecule has 0 radical (unpaired) electrons. The molecule has 0 aliphatic rings. The minimum absolute atomic E-state index is 0.310. The Labute approximate surface area is 93.2 Å². The van der Waals surface area contributed by atoms with E-state index in [2.05, 4.69) is 36.2 Å². The zero-order chi connectivity index (χ0) is 10.8. The summed E-state index contributed by atoms with van der Waals surface area (Å²) < 4.78 is 0. The Bertz CT molecular complexity index is 439. The van der Waals surface area contributed by atoms with Gasteiger partial charge in [-0.3, -0.25) is 0 Å². The normalized spacial score (nSPS) is 10.5. The fourth-order valence-electron chi connectivity index (χ4n) is 1.39. The first kappa shape index (κ1) is 10.2. The number of thiazole rings is 1. The summed E-state index contributed by atoms with van der Waals surface area (Å²) in [6, 6.07) is 8.30. The van der Waals surface area contributed by atoms with Crippen molar-refractivity contribution >= 4 is 11.3 Å². The average Bonchev–Trinajstić information content (AvgIpc) is 2.59. The summed E-state index contributed by atoms with van der Waals surface area (Å²) in [5.41, 5.74) is 3.09. The van der Waals surface area contributed by atoms with Gasteiger partial charge in [0, 0.05) is 5.56 Å². The molecule has 0 saturated heterocycles. The van der Waals surface area contributed by atoms with Gasteiger partial charge in [0.2, 0.25) is 0 Å². The van der Waals surface area contributed by atoms with Gasteiger partial charge in [0.15, 0.2) is 5.06 Å². The van der Waals surface area contributed by atoms with Crippen molar-refractivity contribution in [2.45, 2.75) is 20.3 Å². The van der Waals surface area contributed by atoms with Crippen molar-refractivity contribution in [3.63, 3.8) is 0 Å². The van der Waals surface area contributed by atoms with Gasteiger partial charge in [-0.2, -0.15) is 0 Å².